The van der Waals surface area contributed by atoms with E-state index in [-0.39, 0.29) is 14.0 Å². The van der Waals surface area contributed by atoms with Crippen LogP contribution in [0.15, 0.2) is 36.7 Å². The smallest absolute Gasteiger partial charge is 0.159 e. The molecule has 0 spiro atoms. The van der Waals surface area contributed by atoms with E-state index >= 15 is 0 Å². The lowest BCUT2D eigenvalue weighted by Gasteiger charge is -2.11. The summed E-state index contributed by atoms with van der Waals surface area (Å²) in [4.78, 5) is 9.10. The SMILES string of the molecule is C.CCCCCCCCCCc1cnc(-c2ccc(OCC(F)CCCCCCCC)cc2)nc1. The lowest BCUT2D eigenvalue weighted by atomic mass is 10.1. The van der Waals surface area contributed by atoms with Crippen LogP contribution in [0, 0.1) is 0 Å². The summed E-state index contributed by atoms with van der Waals surface area (Å²) in [7, 11) is 0. The van der Waals surface area contributed by atoms with Gasteiger partial charge in [0.2, 0.25) is 0 Å². The number of hydrogen-bond acceptors (Lipinski definition) is 3. The van der Waals surface area contributed by atoms with E-state index in [0.29, 0.717) is 12.2 Å². The number of unbranched alkanes of at least 4 members (excludes halogenated alkanes) is 12. The van der Waals surface area contributed by atoms with E-state index in [2.05, 4.69) is 23.8 Å². The van der Waals surface area contributed by atoms with E-state index in [0.717, 1.165) is 30.7 Å². The molecule has 0 amide bonds. The molecular formula is C31H51FN2O. The standard InChI is InChI=1S/C30H47FN2O.CH4/c1-3-5-7-9-11-12-13-15-17-26-23-32-30(33-24-26)27-19-21-29(22-20-27)34-25-28(31)18-16-14-10-8-6-4-2;/h19-24,28H,3-18,25H2,1-2H3;1H4. The molecule has 0 saturated carbocycles. The number of ether oxygens (including phenoxy) is 1. The van der Waals surface area contributed by atoms with Crippen molar-refractivity contribution in [2.24, 2.45) is 0 Å². The molecule has 0 radical (unpaired) electrons. The normalized spacial score (nSPS) is 11.7. The Morgan fingerprint density at radius 1 is 0.714 bits per heavy atom. The van der Waals surface area contributed by atoms with Gasteiger partial charge >= 0.3 is 0 Å². The van der Waals surface area contributed by atoms with Crippen molar-refractivity contribution in [1.82, 2.24) is 9.97 Å². The van der Waals surface area contributed by atoms with Crippen LogP contribution >= 0.6 is 0 Å². The Labute approximate surface area is 215 Å². The number of halogens is 1. The number of benzene rings is 1. The molecule has 2 aromatic rings. The van der Waals surface area contributed by atoms with Gasteiger partial charge in [0.1, 0.15) is 18.5 Å². The van der Waals surface area contributed by atoms with Gasteiger partial charge in [0.05, 0.1) is 0 Å². The van der Waals surface area contributed by atoms with Crippen LogP contribution in [0.25, 0.3) is 11.4 Å². The minimum atomic E-state index is -0.900. The van der Waals surface area contributed by atoms with E-state index in [1.165, 1.54) is 82.6 Å². The number of rotatable bonds is 20. The number of aryl methyl sites for hydroxylation is 1. The lowest BCUT2D eigenvalue weighted by Crippen LogP contribution is -2.12. The predicted octanol–water partition coefficient (Wildman–Crippen LogP) is 9.93. The highest BCUT2D eigenvalue weighted by atomic mass is 19.1. The number of hydrogen-bond donors (Lipinski definition) is 0. The van der Waals surface area contributed by atoms with Crippen LogP contribution in [-0.2, 0) is 6.42 Å². The van der Waals surface area contributed by atoms with Crippen molar-refractivity contribution < 1.29 is 9.13 Å². The van der Waals surface area contributed by atoms with Crippen molar-refractivity contribution in [2.75, 3.05) is 6.61 Å². The quantitative estimate of drug-likeness (QED) is 0.175. The van der Waals surface area contributed by atoms with Crippen LogP contribution in [0.4, 0.5) is 4.39 Å². The van der Waals surface area contributed by atoms with Gasteiger partial charge in [-0.15, -0.1) is 0 Å². The molecule has 0 aliphatic rings. The second-order valence-corrected chi connectivity index (χ2v) is 9.63. The van der Waals surface area contributed by atoms with Gasteiger partial charge < -0.3 is 4.74 Å². The summed E-state index contributed by atoms with van der Waals surface area (Å²) in [6.45, 7) is 4.60. The van der Waals surface area contributed by atoms with Gasteiger partial charge in [0, 0.05) is 18.0 Å². The van der Waals surface area contributed by atoms with E-state index < -0.39 is 6.17 Å². The minimum Gasteiger partial charge on any atom is -0.491 e. The Kier molecular flexibility index (Phi) is 18.0. The molecule has 1 heterocycles. The highest BCUT2D eigenvalue weighted by Crippen LogP contribution is 2.20. The minimum absolute atomic E-state index is 0. The maximum absolute atomic E-state index is 14.1. The first kappa shape index (κ1) is 31.1. The number of aromatic nitrogens is 2. The van der Waals surface area contributed by atoms with E-state index in [1.54, 1.807) is 0 Å². The van der Waals surface area contributed by atoms with Crippen LogP contribution in [0.3, 0.4) is 0 Å². The van der Waals surface area contributed by atoms with Crippen molar-refractivity contribution in [3.63, 3.8) is 0 Å². The average molecular weight is 487 g/mol. The summed E-state index contributed by atoms with van der Waals surface area (Å²) in [5, 5.41) is 0. The van der Waals surface area contributed by atoms with Gasteiger partial charge in [-0.2, -0.15) is 0 Å². The molecule has 0 aliphatic carbocycles. The second-order valence-electron chi connectivity index (χ2n) is 9.63. The third-order valence-corrected chi connectivity index (χ3v) is 6.44. The molecule has 0 saturated heterocycles. The third kappa shape index (κ3) is 14.2. The van der Waals surface area contributed by atoms with E-state index in [1.807, 2.05) is 36.7 Å². The van der Waals surface area contributed by atoms with Crippen molar-refractivity contribution in [3.8, 4) is 17.1 Å². The molecule has 35 heavy (non-hydrogen) atoms. The Balaban J connectivity index is 0.00000612. The van der Waals surface area contributed by atoms with Gasteiger partial charge in [0.25, 0.3) is 0 Å². The molecule has 4 heteroatoms. The summed E-state index contributed by atoms with van der Waals surface area (Å²) in [6, 6.07) is 7.66. The largest absolute Gasteiger partial charge is 0.491 e. The summed E-state index contributed by atoms with van der Waals surface area (Å²) in [5.41, 5.74) is 2.16. The Morgan fingerprint density at radius 3 is 1.80 bits per heavy atom. The highest BCUT2D eigenvalue weighted by Gasteiger charge is 2.08. The molecule has 0 aliphatic heterocycles. The summed E-state index contributed by atoms with van der Waals surface area (Å²) in [5.74, 6) is 1.42. The fourth-order valence-electron chi connectivity index (χ4n) is 4.21. The first-order valence-corrected chi connectivity index (χ1v) is 13.9. The van der Waals surface area contributed by atoms with Crippen LogP contribution in [0.2, 0.25) is 0 Å². The van der Waals surface area contributed by atoms with Crippen LogP contribution < -0.4 is 4.74 Å². The maximum Gasteiger partial charge on any atom is 0.159 e. The van der Waals surface area contributed by atoms with Crippen molar-refractivity contribution in [2.45, 2.75) is 130 Å². The molecule has 0 N–H and O–H groups in total. The zero-order chi connectivity index (χ0) is 24.3. The van der Waals surface area contributed by atoms with E-state index in [4.69, 9.17) is 4.74 Å². The number of nitrogens with zero attached hydrogens (tertiary/aromatic N) is 2. The van der Waals surface area contributed by atoms with Gasteiger partial charge in [-0.25, -0.2) is 14.4 Å². The van der Waals surface area contributed by atoms with Crippen molar-refractivity contribution >= 4 is 0 Å². The van der Waals surface area contributed by atoms with Crippen molar-refractivity contribution in [1.29, 1.82) is 0 Å². The molecule has 1 atom stereocenters. The lowest BCUT2D eigenvalue weighted by molar-refractivity contribution is 0.184. The average Bonchev–Trinajstić information content (AvgIpc) is 2.87. The second kappa shape index (κ2) is 20.2. The molecule has 1 aromatic heterocycles. The topological polar surface area (TPSA) is 35.0 Å². The van der Waals surface area contributed by atoms with E-state index in [9.17, 15) is 4.39 Å². The summed E-state index contributed by atoms with van der Waals surface area (Å²) >= 11 is 0. The van der Waals surface area contributed by atoms with Crippen LogP contribution in [0.1, 0.15) is 123 Å². The Hall–Kier alpha value is -1.97. The fraction of sp³-hybridized carbons (Fsp3) is 0.677. The Morgan fingerprint density at radius 2 is 1.23 bits per heavy atom. The molecule has 1 aromatic carbocycles. The van der Waals surface area contributed by atoms with Gasteiger partial charge in [0.15, 0.2) is 5.82 Å². The highest BCUT2D eigenvalue weighted by molar-refractivity contribution is 5.55. The maximum atomic E-state index is 14.1. The molecule has 0 bridgehead atoms. The fourth-order valence-corrected chi connectivity index (χ4v) is 4.21. The molecule has 0 fully saturated rings. The first-order valence-electron chi connectivity index (χ1n) is 13.9. The molecule has 2 rings (SSSR count). The molecular weight excluding hydrogens is 435 g/mol. The number of alkyl halides is 1. The predicted molar refractivity (Wildman–Crippen MR) is 149 cm³/mol. The zero-order valence-electron chi connectivity index (χ0n) is 21.7. The molecule has 3 nitrogen and oxygen atoms in total. The van der Waals surface area contributed by atoms with Crippen molar-refractivity contribution in [3.05, 3.63) is 42.2 Å². The third-order valence-electron chi connectivity index (χ3n) is 6.44. The zero-order valence-corrected chi connectivity index (χ0v) is 21.7. The first-order chi connectivity index (χ1) is 16.7. The monoisotopic (exact) mass is 486 g/mol. The molecule has 1 unspecified atom stereocenters. The van der Waals surface area contributed by atoms with Gasteiger partial charge in [-0.1, -0.05) is 105 Å². The van der Waals surface area contributed by atoms with Crippen LogP contribution in [-0.4, -0.2) is 22.7 Å². The van der Waals surface area contributed by atoms with Gasteiger partial charge in [-0.05, 0) is 49.1 Å². The van der Waals surface area contributed by atoms with Crippen LogP contribution in [0.5, 0.6) is 5.75 Å². The summed E-state index contributed by atoms with van der Waals surface area (Å²) < 4.78 is 19.7. The summed E-state index contributed by atoms with van der Waals surface area (Å²) in [6.07, 6.45) is 22.3. The van der Waals surface area contributed by atoms with Gasteiger partial charge in [-0.3, -0.25) is 0 Å². The Bertz CT molecular complexity index is 733. The molecule has 198 valence electrons.